The van der Waals surface area contributed by atoms with Crippen molar-refractivity contribution < 1.29 is 9.53 Å². The number of benzene rings is 1. The van der Waals surface area contributed by atoms with Crippen molar-refractivity contribution in [2.45, 2.75) is 32.6 Å². The number of nitrogens with two attached hydrogens (primary N) is 2. The Morgan fingerprint density at radius 3 is 2.53 bits per heavy atom. The third kappa shape index (κ3) is 6.45. The summed E-state index contributed by atoms with van der Waals surface area (Å²) in [7, 11) is 0. The van der Waals surface area contributed by atoms with Crippen LogP contribution in [0, 0.1) is 0 Å². The first kappa shape index (κ1) is 15.0. The molecule has 0 aliphatic rings. The van der Waals surface area contributed by atoms with Crippen LogP contribution in [0.4, 0.5) is 0 Å². The van der Waals surface area contributed by atoms with Crippen LogP contribution in [-0.2, 0) is 11.2 Å². The first-order chi connectivity index (χ1) is 9.11. The number of hydrogen-bond donors (Lipinski definition) is 2. The monoisotopic (exact) mass is 263 g/mol. The van der Waals surface area contributed by atoms with Gasteiger partial charge in [-0.1, -0.05) is 25.5 Å². The summed E-state index contributed by atoms with van der Waals surface area (Å²) in [4.78, 5) is 14.6. The van der Waals surface area contributed by atoms with Gasteiger partial charge in [0.15, 0.2) is 5.96 Å². The third-order valence-electron chi connectivity index (χ3n) is 2.52. The lowest BCUT2D eigenvalue weighted by molar-refractivity contribution is -0.118. The molecule has 0 aromatic heterocycles. The first-order valence-corrected chi connectivity index (χ1v) is 6.46. The van der Waals surface area contributed by atoms with E-state index in [4.69, 9.17) is 16.2 Å². The van der Waals surface area contributed by atoms with Crippen molar-refractivity contribution in [1.82, 2.24) is 0 Å². The zero-order valence-electron chi connectivity index (χ0n) is 11.3. The molecule has 1 amide bonds. The Bertz CT molecular complexity index is 423. The molecule has 1 aromatic carbocycles. The molecule has 0 spiro atoms. The van der Waals surface area contributed by atoms with Gasteiger partial charge in [-0.05, 0) is 30.5 Å². The van der Waals surface area contributed by atoms with Crippen molar-refractivity contribution in [3.63, 3.8) is 0 Å². The summed E-state index contributed by atoms with van der Waals surface area (Å²) in [5.74, 6) is 0.300. The minimum atomic E-state index is -0.318. The van der Waals surface area contributed by atoms with Crippen molar-refractivity contribution in [2.75, 3.05) is 6.61 Å². The average Bonchev–Trinajstić information content (AvgIpc) is 2.36. The van der Waals surface area contributed by atoms with Crippen molar-refractivity contribution in [2.24, 2.45) is 16.5 Å². The molecular formula is C14H21N3O2. The molecule has 0 aliphatic carbocycles. The largest absolute Gasteiger partial charge is 0.494 e. The van der Waals surface area contributed by atoms with Gasteiger partial charge in [-0.15, -0.1) is 0 Å². The van der Waals surface area contributed by atoms with E-state index in [1.807, 2.05) is 12.1 Å². The van der Waals surface area contributed by atoms with Gasteiger partial charge in [0, 0.05) is 6.42 Å². The van der Waals surface area contributed by atoms with Crippen LogP contribution >= 0.6 is 0 Å². The maximum absolute atomic E-state index is 11.2. The van der Waals surface area contributed by atoms with E-state index < -0.39 is 0 Å². The summed E-state index contributed by atoms with van der Waals surface area (Å²) in [6.07, 6.45) is 3.08. The van der Waals surface area contributed by atoms with Crippen LogP contribution in [0.2, 0.25) is 0 Å². The van der Waals surface area contributed by atoms with Crippen LogP contribution in [0.5, 0.6) is 5.75 Å². The highest BCUT2D eigenvalue weighted by Gasteiger charge is 2.00. The Kier molecular flexibility index (Phi) is 6.43. The molecule has 5 nitrogen and oxygen atoms in total. The zero-order valence-corrected chi connectivity index (χ0v) is 11.3. The first-order valence-electron chi connectivity index (χ1n) is 6.46. The standard InChI is InChI=1S/C14H21N3O2/c1-2-4-11-6-8-12(9-7-11)19-10-3-5-13(18)17-14(15)16/h6-9H,2-5,10H2,1H3,(H4,15,16,17,18). The molecule has 104 valence electrons. The number of amides is 1. The predicted octanol–water partition coefficient (Wildman–Crippen LogP) is 1.60. The van der Waals surface area contributed by atoms with E-state index in [1.54, 1.807) is 0 Å². The summed E-state index contributed by atoms with van der Waals surface area (Å²) in [6.45, 7) is 2.62. The van der Waals surface area contributed by atoms with Crippen LogP contribution in [0.15, 0.2) is 29.3 Å². The second-order valence-electron chi connectivity index (χ2n) is 4.28. The Labute approximate surface area is 113 Å². The number of nitrogens with zero attached hydrogens (tertiary/aromatic N) is 1. The van der Waals surface area contributed by atoms with Crippen LogP contribution in [0.1, 0.15) is 31.7 Å². The fourth-order valence-corrected chi connectivity index (χ4v) is 1.65. The van der Waals surface area contributed by atoms with Crippen molar-refractivity contribution >= 4 is 11.9 Å². The molecule has 0 saturated carbocycles. The summed E-state index contributed by atoms with van der Waals surface area (Å²) < 4.78 is 5.53. The summed E-state index contributed by atoms with van der Waals surface area (Å²) >= 11 is 0. The molecule has 1 aromatic rings. The molecule has 0 radical (unpaired) electrons. The molecule has 0 aliphatic heterocycles. The molecule has 19 heavy (non-hydrogen) atoms. The molecule has 5 heteroatoms. The highest BCUT2D eigenvalue weighted by Crippen LogP contribution is 2.13. The molecule has 0 unspecified atom stereocenters. The maximum atomic E-state index is 11.2. The number of carbonyl (C=O) groups excluding carboxylic acids is 1. The zero-order chi connectivity index (χ0) is 14.1. The Hall–Kier alpha value is -2.04. The van der Waals surface area contributed by atoms with Crippen LogP contribution in [0.3, 0.4) is 0 Å². The number of aliphatic imine (C=N–C) groups is 1. The second kappa shape index (κ2) is 8.13. The normalized spacial score (nSPS) is 9.95. The quantitative estimate of drug-likeness (QED) is 0.444. The van der Waals surface area contributed by atoms with Gasteiger partial charge in [0.05, 0.1) is 6.61 Å². The van der Waals surface area contributed by atoms with E-state index in [-0.39, 0.29) is 18.3 Å². The molecule has 1 rings (SSSR count). The van der Waals surface area contributed by atoms with Crippen LogP contribution < -0.4 is 16.2 Å². The molecule has 0 heterocycles. The van der Waals surface area contributed by atoms with Crippen molar-refractivity contribution in [3.8, 4) is 5.75 Å². The van der Waals surface area contributed by atoms with Gasteiger partial charge < -0.3 is 16.2 Å². The lowest BCUT2D eigenvalue weighted by atomic mass is 10.1. The van der Waals surface area contributed by atoms with Gasteiger partial charge in [0.25, 0.3) is 0 Å². The number of rotatable bonds is 7. The van der Waals surface area contributed by atoms with Gasteiger partial charge in [-0.2, -0.15) is 4.99 Å². The molecule has 0 atom stereocenters. The van der Waals surface area contributed by atoms with Gasteiger partial charge in [-0.3, -0.25) is 4.79 Å². The molecule has 0 fully saturated rings. The smallest absolute Gasteiger partial charge is 0.248 e. The van der Waals surface area contributed by atoms with Gasteiger partial charge in [0.2, 0.25) is 5.91 Å². The Balaban J connectivity index is 2.26. The Morgan fingerprint density at radius 2 is 1.95 bits per heavy atom. The topological polar surface area (TPSA) is 90.7 Å². The second-order valence-corrected chi connectivity index (χ2v) is 4.28. The van der Waals surface area contributed by atoms with Gasteiger partial charge in [0.1, 0.15) is 5.75 Å². The minimum absolute atomic E-state index is 0.197. The highest BCUT2D eigenvalue weighted by atomic mass is 16.5. The summed E-state index contributed by atoms with van der Waals surface area (Å²) in [5, 5.41) is 0. The maximum Gasteiger partial charge on any atom is 0.248 e. The number of hydrogen-bond acceptors (Lipinski definition) is 2. The minimum Gasteiger partial charge on any atom is -0.494 e. The third-order valence-corrected chi connectivity index (χ3v) is 2.52. The van der Waals surface area contributed by atoms with Crippen molar-refractivity contribution in [3.05, 3.63) is 29.8 Å². The van der Waals surface area contributed by atoms with E-state index in [9.17, 15) is 4.79 Å². The van der Waals surface area contributed by atoms with E-state index in [1.165, 1.54) is 5.56 Å². The van der Waals surface area contributed by atoms with E-state index >= 15 is 0 Å². The van der Waals surface area contributed by atoms with Crippen LogP contribution in [-0.4, -0.2) is 18.5 Å². The fourth-order valence-electron chi connectivity index (χ4n) is 1.65. The van der Waals surface area contributed by atoms with Crippen molar-refractivity contribution in [1.29, 1.82) is 0 Å². The predicted molar refractivity (Wildman–Crippen MR) is 76.0 cm³/mol. The van der Waals surface area contributed by atoms with Gasteiger partial charge in [-0.25, -0.2) is 0 Å². The lowest BCUT2D eigenvalue weighted by Crippen LogP contribution is -2.24. The lowest BCUT2D eigenvalue weighted by Gasteiger charge is -2.06. The summed E-state index contributed by atoms with van der Waals surface area (Å²) in [5.41, 5.74) is 11.5. The number of ether oxygens (including phenoxy) is 1. The molecule has 0 bridgehead atoms. The molecule has 4 N–H and O–H groups in total. The number of aryl methyl sites for hydroxylation is 1. The highest BCUT2D eigenvalue weighted by molar-refractivity contribution is 5.91. The molecule has 0 saturated heterocycles. The van der Waals surface area contributed by atoms with E-state index in [2.05, 4.69) is 24.0 Å². The molecular weight excluding hydrogens is 242 g/mol. The summed E-state index contributed by atoms with van der Waals surface area (Å²) in [6, 6.07) is 8.01. The van der Waals surface area contributed by atoms with E-state index in [0.717, 1.165) is 18.6 Å². The van der Waals surface area contributed by atoms with E-state index in [0.29, 0.717) is 13.0 Å². The fraction of sp³-hybridized carbons (Fsp3) is 0.429. The SMILES string of the molecule is CCCc1ccc(OCCCC(=O)N=C(N)N)cc1. The van der Waals surface area contributed by atoms with Crippen LogP contribution in [0.25, 0.3) is 0 Å². The Morgan fingerprint density at radius 1 is 1.26 bits per heavy atom. The number of carbonyl (C=O) groups is 1. The van der Waals surface area contributed by atoms with Gasteiger partial charge >= 0.3 is 0 Å². The number of guanidine groups is 1. The average molecular weight is 263 g/mol.